The first-order chi connectivity index (χ1) is 12.1. The van der Waals surface area contributed by atoms with E-state index in [2.05, 4.69) is 0 Å². The van der Waals surface area contributed by atoms with Crippen LogP contribution >= 0.6 is 0 Å². The molecule has 0 saturated heterocycles. The van der Waals surface area contributed by atoms with E-state index in [4.69, 9.17) is 20.1 Å². The number of carbonyl (C=O) groups is 1. The van der Waals surface area contributed by atoms with Crippen molar-refractivity contribution in [2.24, 2.45) is 0 Å². The molecule has 0 aliphatic carbocycles. The quantitative estimate of drug-likeness (QED) is 0.219. The van der Waals surface area contributed by atoms with Crippen LogP contribution in [0.4, 0.5) is 0 Å². The lowest BCUT2D eigenvalue weighted by Gasteiger charge is -2.04. The standard InChI is InChI=1S/C19H16N3O3/c1-24-16-5-3-15(4-6-16)19(23)18(11-14(12-20)13-21)22-9-7-17(25-2)8-10-22/h3-11,20H,1-2H3/q+1/b18-11-. The molecule has 0 amide bonds. The van der Waals surface area contributed by atoms with Crippen molar-refractivity contribution >= 4 is 17.4 Å². The first-order valence-corrected chi connectivity index (χ1v) is 7.29. The molecule has 0 aliphatic heterocycles. The molecule has 0 spiro atoms. The lowest BCUT2D eigenvalue weighted by molar-refractivity contribution is -0.576. The second-order valence-electron chi connectivity index (χ2n) is 4.88. The fraction of sp³-hybridized carbons (Fsp3) is 0.105. The van der Waals surface area contributed by atoms with E-state index in [9.17, 15) is 4.79 Å². The maximum Gasteiger partial charge on any atom is 0.260 e. The number of carbonyl (C=O) groups excluding carboxylic acids is 1. The molecular weight excluding hydrogens is 318 g/mol. The highest BCUT2D eigenvalue weighted by atomic mass is 16.5. The number of ether oxygens (including phenoxy) is 2. The van der Waals surface area contributed by atoms with Crippen molar-refractivity contribution in [2.75, 3.05) is 14.2 Å². The summed E-state index contributed by atoms with van der Waals surface area (Å²) in [4.78, 5) is 12.9. The Kier molecular flexibility index (Phi) is 5.83. The molecule has 1 N–H and O–H groups in total. The van der Waals surface area contributed by atoms with Crippen LogP contribution in [-0.2, 0) is 0 Å². The maximum atomic E-state index is 12.9. The van der Waals surface area contributed by atoms with Crippen molar-refractivity contribution in [2.45, 2.75) is 0 Å². The fourth-order valence-corrected chi connectivity index (χ4v) is 2.09. The molecule has 0 unspecified atom stereocenters. The third-order valence-corrected chi connectivity index (χ3v) is 3.43. The number of rotatable bonds is 6. The molecule has 1 aromatic carbocycles. The number of nitriles is 1. The Bertz CT molecular complexity index is 885. The molecule has 6 nitrogen and oxygen atoms in total. The molecule has 1 heterocycles. The molecule has 2 aromatic rings. The highest BCUT2D eigenvalue weighted by Crippen LogP contribution is 2.16. The first-order valence-electron chi connectivity index (χ1n) is 7.29. The molecule has 0 radical (unpaired) electrons. The number of pyridine rings is 1. The molecule has 0 bridgehead atoms. The molecule has 124 valence electrons. The maximum absolute atomic E-state index is 12.9. The van der Waals surface area contributed by atoms with Crippen molar-refractivity contribution in [3.63, 3.8) is 0 Å². The van der Waals surface area contributed by atoms with Crippen LogP contribution in [-0.4, -0.2) is 25.9 Å². The van der Waals surface area contributed by atoms with E-state index in [-0.39, 0.29) is 17.1 Å². The second-order valence-corrected chi connectivity index (χ2v) is 4.88. The Hall–Kier alpha value is -3.68. The number of nitrogens with one attached hydrogen (secondary N) is 1. The third-order valence-electron chi connectivity index (χ3n) is 3.43. The molecule has 1 aromatic heterocycles. The normalized spacial score (nSPS) is 10.4. The van der Waals surface area contributed by atoms with E-state index >= 15 is 0 Å². The summed E-state index contributed by atoms with van der Waals surface area (Å²) in [5, 5.41) is 16.2. The summed E-state index contributed by atoms with van der Waals surface area (Å²) in [7, 11) is 3.09. The summed E-state index contributed by atoms with van der Waals surface area (Å²) in [6.45, 7) is 0. The zero-order chi connectivity index (χ0) is 18.2. The van der Waals surface area contributed by atoms with Crippen molar-refractivity contribution in [1.29, 1.82) is 10.7 Å². The SMILES string of the molecule is COc1ccc(C(=O)/C(=C/C(=C=N)C#N)[n+]2ccc(OC)cc2)cc1. The number of ketones is 1. The van der Waals surface area contributed by atoms with Crippen LogP contribution in [0.15, 0.2) is 60.4 Å². The van der Waals surface area contributed by atoms with Crippen molar-refractivity contribution in [3.8, 4) is 17.6 Å². The largest absolute Gasteiger partial charge is 0.497 e. The van der Waals surface area contributed by atoms with E-state index in [1.165, 1.54) is 6.08 Å². The number of nitrogens with zero attached hydrogens (tertiary/aromatic N) is 2. The van der Waals surface area contributed by atoms with Gasteiger partial charge in [-0.25, -0.2) is 0 Å². The topological polar surface area (TPSA) is 87.0 Å². The summed E-state index contributed by atoms with van der Waals surface area (Å²) >= 11 is 0. The molecule has 6 heteroatoms. The van der Waals surface area contributed by atoms with Gasteiger partial charge in [0.25, 0.3) is 11.5 Å². The van der Waals surface area contributed by atoms with Crippen molar-refractivity contribution < 1.29 is 18.8 Å². The van der Waals surface area contributed by atoms with Gasteiger partial charge in [-0.2, -0.15) is 9.83 Å². The van der Waals surface area contributed by atoms with Crippen LogP contribution in [0.2, 0.25) is 0 Å². The third kappa shape index (κ3) is 4.20. The number of benzene rings is 1. The lowest BCUT2D eigenvalue weighted by atomic mass is 10.1. The highest BCUT2D eigenvalue weighted by molar-refractivity contribution is 6.22. The van der Waals surface area contributed by atoms with Gasteiger partial charge in [0.1, 0.15) is 23.1 Å². The zero-order valence-corrected chi connectivity index (χ0v) is 13.8. The van der Waals surface area contributed by atoms with E-state index in [0.717, 1.165) is 0 Å². The van der Waals surface area contributed by atoms with Crippen LogP contribution in [0.1, 0.15) is 10.4 Å². The number of aromatic nitrogens is 1. The minimum atomic E-state index is -0.305. The van der Waals surface area contributed by atoms with Gasteiger partial charge >= 0.3 is 0 Å². The Balaban J connectivity index is 2.51. The van der Waals surface area contributed by atoms with Gasteiger partial charge in [-0.05, 0) is 30.1 Å². The van der Waals surface area contributed by atoms with Crippen molar-refractivity contribution in [1.82, 2.24) is 0 Å². The number of hydrogen-bond acceptors (Lipinski definition) is 5. The molecule has 0 saturated carbocycles. The molecule has 25 heavy (non-hydrogen) atoms. The van der Waals surface area contributed by atoms with Crippen LogP contribution < -0.4 is 14.0 Å². The minimum Gasteiger partial charge on any atom is -0.497 e. The molecule has 0 aliphatic rings. The van der Waals surface area contributed by atoms with E-state index < -0.39 is 0 Å². The molecular formula is C19H16N3O3+. The zero-order valence-electron chi connectivity index (χ0n) is 13.8. The average Bonchev–Trinajstić information content (AvgIpc) is 2.69. The van der Waals surface area contributed by atoms with Crippen LogP contribution in [0.25, 0.3) is 5.70 Å². The minimum absolute atomic E-state index is 0.0554. The fourth-order valence-electron chi connectivity index (χ4n) is 2.09. The van der Waals surface area contributed by atoms with Gasteiger partial charge in [0, 0.05) is 23.8 Å². The van der Waals surface area contributed by atoms with Crippen LogP contribution in [0, 0.1) is 16.7 Å². The van der Waals surface area contributed by atoms with Gasteiger partial charge in [0.15, 0.2) is 12.4 Å². The predicted octanol–water partition coefficient (Wildman–Crippen LogP) is 2.41. The highest BCUT2D eigenvalue weighted by Gasteiger charge is 2.22. The predicted molar refractivity (Wildman–Crippen MR) is 91.6 cm³/mol. The molecule has 0 fully saturated rings. The molecule has 2 rings (SSSR count). The number of methoxy groups -OCH3 is 2. The lowest BCUT2D eigenvalue weighted by Crippen LogP contribution is -2.35. The first kappa shape index (κ1) is 17.7. The number of hydrogen-bond donors (Lipinski definition) is 1. The molecule has 0 atom stereocenters. The Morgan fingerprint density at radius 1 is 1.08 bits per heavy atom. The van der Waals surface area contributed by atoms with Gasteiger partial charge < -0.3 is 9.47 Å². The van der Waals surface area contributed by atoms with E-state index in [0.29, 0.717) is 17.1 Å². The van der Waals surface area contributed by atoms with Gasteiger partial charge in [0.2, 0.25) is 0 Å². The second kappa shape index (κ2) is 8.25. The van der Waals surface area contributed by atoms with Gasteiger partial charge in [-0.3, -0.25) is 10.2 Å². The summed E-state index contributed by atoms with van der Waals surface area (Å²) in [5.74, 6) is 2.98. The smallest absolute Gasteiger partial charge is 0.260 e. The summed E-state index contributed by atoms with van der Waals surface area (Å²) < 4.78 is 11.8. The van der Waals surface area contributed by atoms with E-state index in [1.807, 2.05) is 11.9 Å². The Labute approximate surface area is 145 Å². The van der Waals surface area contributed by atoms with Gasteiger partial charge in [-0.15, -0.1) is 0 Å². The Morgan fingerprint density at radius 2 is 1.64 bits per heavy atom. The monoisotopic (exact) mass is 334 g/mol. The van der Waals surface area contributed by atoms with Gasteiger partial charge in [0.05, 0.1) is 14.2 Å². The van der Waals surface area contributed by atoms with E-state index in [1.54, 1.807) is 67.6 Å². The van der Waals surface area contributed by atoms with Crippen molar-refractivity contribution in [3.05, 3.63) is 66.0 Å². The summed E-state index contributed by atoms with van der Waals surface area (Å²) in [5.41, 5.74) is 0.585. The summed E-state index contributed by atoms with van der Waals surface area (Å²) in [6, 6.07) is 11.8. The number of Topliss-reactive ketones (excluding diaryl/α,β-unsaturated/α-hetero) is 1. The Morgan fingerprint density at radius 3 is 2.12 bits per heavy atom. The van der Waals surface area contributed by atoms with Crippen LogP contribution in [0.3, 0.4) is 0 Å². The average molecular weight is 334 g/mol. The summed E-state index contributed by atoms with van der Waals surface area (Å²) in [6.07, 6.45) is 4.61. The number of allylic oxidation sites excluding steroid dienone is 3. The van der Waals surface area contributed by atoms with Crippen LogP contribution in [0.5, 0.6) is 11.5 Å². The van der Waals surface area contributed by atoms with Gasteiger partial charge in [-0.1, -0.05) is 0 Å².